The topological polar surface area (TPSA) is 90.5 Å². The Morgan fingerprint density at radius 2 is 1.58 bits per heavy atom. The molecule has 2 aromatic carbocycles. The zero-order chi connectivity index (χ0) is 23.5. The highest BCUT2D eigenvalue weighted by molar-refractivity contribution is 6.03. The molecule has 8 heteroatoms. The summed E-state index contributed by atoms with van der Waals surface area (Å²) in [5.41, 5.74) is 5.14. The number of hydrogen-bond donors (Lipinski definition) is 2. The largest absolute Gasteiger partial charge is 0.378 e. The van der Waals surface area contributed by atoms with Crippen LogP contribution in [0.1, 0.15) is 17.8 Å². The minimum Gasteiger partial charge on any atom is -0.378 e. The fourth-order valence-corrected chi connectivity index (χ4v) is 3.86. The van der Waals surface area contributed by atoms with Gasteiger partial charge in [0.05, 0.1) is 5.92 Å². The van der Waals surface area contributed by atoms with E-state index in [1.165, 1.54) is 0 Å². The highest BCUT2D eigenvalue weighted by atomic mass is 16.2. The maximum absolute atomic E-state index is 12.8. The van der Waals surface area contributed by atoms with Gasteiger partial charge in [0.2, 0.25) is 17.8 Å². The summed E-state index contributed by atoms with van der Waals surface area (Å²) in [7, 11) is 3.94. The maximum Gasteiger partial charge on any atom is 0.229 e. The van der Waals surface area contributed by atoms with E-state index >= 15 is 0 Å². The predicted octanol–water partition coefficient (Wildman–Crippen LogP) is 3.89. The Bertz CT molecular complexity index is 1140. The summed E-state index contributed by atoms with van der Waals surface area (Å²) in [6.07, 6.45) is 0.199. The molecule has 0 aliphatic carbocycles. The van der Waals surface area contributed by atoms with Crippen molar-refractivity contribution in [2.45, 2.75) is 20.3 Å². The fourth-order valence-electron chi connectivity index (χ4n) is 3.86. The summed E-state index contributed by atoms with van der Waals surface area (Å²) < 4.78 is 0. The van der Waals surface area contributed by atoms with Crippen LogP contribution in [-0.4, -0.2) is 42.4 Å². The van der Waals surface area contributed by atoms with E-state index in [1.54, 1.807) is 4.90 Å². The third kappa shape index (κ3) is 5.28. The first kappa shape index (κ1) is 22.3. The number of carbonyl (C=O) groups is 2. The molecule has 1 aliphatic rings. The number of anilines is 5. The number of hydrogen-bond acceptors (Lipinski definition) is 6. The number of amides is 2. The number of nitrogens with one attached hydrogen (secondary N) is 2. The molecule has 8 nitrogen and oxygen atoms in total. The number of aryl methyl sites for hydroxylation is 2. The lowest BCUT2D eigenvalue weighted by atomic mass is 10.1. The first-order valence-electron chi connectivity index (χ1n) is 10.9. The van der Waals surface area contributed by atoms with Crippen LogP contribution in [0.2, 0.25) is 0 Å². The summed E-state index contributed by atoms with van der Waals surface area (Å²) in [5.74, 6) is -0.0604. The molecule has 0 spiro atoms. The molecule has 1 saturated heterocycles. The van der Waals surface area contributed by atoms with E-state index in [0.717, 1.165) is 28.5 Å². The highest BCUT2D eigenvalue weighted by Gasteiger charge is 2.35. The molecule has 2 amide bonds. The second-order valence-corrected chi connectivity index (χ2v) is 8.48. The van der Waals surface area contributed by atoms with Crippen LogP contribution in [-0.2, 0) is 9.59 Å². The van der Waals surface area contributed by atoms with Crippen molar-refractivity contribution in [2.24, 2.45) is 5.92 Å². The van der Waals surface area contributed by atoms with Gasteiger partial charge in [0, 0.05) is 61.2 Å². The molecular formula is C25H28N6O2. The van der Waals surface area contributed by atoms with Gasteiger partial charge < -0.3 is 20.4 Å². The molecule has 33 heavy (non-hydrogen) atoms. The van der Waals surface area contributed by atoms with Gasteiger partial charge in [-0.3, -0.25) is 9.59 Å². The quantitative estimate of drug-likeness (QED) is 0.599. The van der Waals surface area contributed by atoms with Gasteiger partial charge in [0.25, 0.3) is 0 Å². The fraction of sp³-hybridized carbons (Fsp3) is 0.280. The number of carbonyl (C=O) groups excluding carboxylic acids is 2. The van der Waals surface area contributed by atoms with Crippen molar-refractivity contribution < 1.29 is 9.59 Å². The van der Waals surface area contributed by atoms with Crippen molar-refractivity contribution in [1.82, 2.24) is 9.97 Å². The van der Waals surface area contributed by atoms with Crippen LogP contribution in [0.4, 0.5) is 28.7 Å². The zero-order valence-corrected chi connectivity index (χ0v) is 19.3. The summed E-state index contributed by atoms with van der Waals surface area (Å²) in [6, 6.07) is 17.0. The normalized spacial score (nSPS) is 15.5. The second-order valence-electron chi connectivity index (χ2n) is 8.48. The molecule has 3 aromatic rings. The standard InChI is InChI=1S/C25H28N6O2/c1-16-13-17(2)27-25(26-16)29-20-7-5-19(6-8-20)28-24(33)18-14-23(32)31(15-18)22-11-9-21(10-12-22)30(3)4/h5-13,18H,14-15H2,1-4H3,(H,28,33)(H,26,27,29). The Morgan fingerprint density at radius 1 is 0.970 bits per heavy atom. The SMILES string of the molecule is Cc1cc(C)nc(Nc2ccc(NC(=O)C3CC(=O)N(c4ccc(N(C)C)cc4)C3)cc2)n1. The van der Waals surface area contributed by atoms with Crippen LogP contribution in [0.15, 0.2) is 54.6 Å². The molecular weight excluding hydrogens is 416 g/mol. The van der Waals surface area contributed by atoms with Gasteiger partial charge in [0.1, 0.15) is 0 Å². The molecule has 4 rings (SSSR count). The summed E-state index contributed by atoms with van der Waals surface area (Å²) in [5, 5.41) is 6.10. The molecule has 1 fully saturated rings. The lowest BCUT2D eigenvalue weighted by molar-refractivity contribution is -0.122. The summed E-state index contributed by atoms with van der Waals surface area (Å²) in [4.78, 5) is 37.8. The van der Waals surface area contributed by atoms with Crippen molar-refractivity contribution >= 4 is 40.5 Å². The number of rotatable bonds is 6. The number of aromatic nitrogens is 2. The van der Waals surface area contributed by atoms with E-state index in [9.17, 15) is 9.59 Å². The van der Waals surface area contributed by atoms with Crippen molar-refractivity contribution in [3.8, 4) is 0 Å². The molecule has 0 radical (unpaired) electrons. The first-order valence-corrected chi connectivity index (χ1v) is 10.9. The molecule has 2 heterocycles. The van der Waals surface area contributed by atoms with E-state index in [-0.39, 0.29) is 18.2 Å². The Kier molecular flexibility index (Phi) is 6.26. The lowest BCUT2D eigenvalue weighted by Gasteiger charge is -2.19. The van der Waals surface area contributed by atoms with Gasteiger partial charge in [-0.15, -0.1) is 0 Å². The molecule has 2 N–H and O–H groups in total. The van der Waals surface area contributed by atoms with E-state index in [4.69, 9.17) is 0 Å². The number of nitrogens with zero attached hydrogens (tertiary/aromatic N) is 4. The van der Waals surface area contributed by atoms with Crippen LogP contribution in [0.5, 0.6) is 0 Å². The van der Waals surface area contributed by atoms with Crippen LogP contribution in [0, 0.1) is 19.8 Å². The average molecular weight is 445 g/mol. The Balaban J connectivity index is 1.36. The van der Waals surface area contributed by atoms with Crippen molar-refractivity contribution in [1.29, 1.82) is 0 Å². The molecule has 0 bridgehead atoms. The smallest absolute Gasteiger partial charge is 0.229 e. The minimum atomic E-state index is -0.396. The zero-order valence-electron chi connectivity index (χ0n) is 19.3. The van der Waals surface area contributed by atoms with E-state index in [2.05, 4.69) is 20.6 Å². The van der Waals surface area contributed by atoms with Crippen molar-refractivity contribution in [3.63, 3.8) is 0 Å². The van der Waals surface area contributed by atoms with Gasteiger partial charge in [0.15, 0.2) is 0 Å². The molecule has 0 saturated carbocycles. The Hall–Kier alpha value is -3.94. The molecule has 1 aromatic heterocycles. The third-order valence-electron chi connectivity index (χ3n) is 5.56. The highest BCUT2D eigenvalue weighted by Crippen LogP contribution is 2.28. The minimum absolute atomic E-state index is 0.0410. The van der Waals surface area contributed by atoms with Crippen molar-refractivity contribution in [2.75, 3.05) is 41.1 Å². The lowest BCUT2D eigenvalue weighted by Crippen LogP contribution is -2.28. The monoisotopic (exact) mass is 444 g/mol. The maximum atomic E-state index is 12.8. The van der Waals surface area contributed by atoms with Gasteiger partial charge in [-0.1, -0.05) is 0 Å². The summed E-state index contributed by atoms with van der Waals surface area (Å²) in [6.45, 7) is 4.22. The number of benzene rings is 2. The molecule has 1 unspecified atom stereocenters. The molecule has 1 aliphatic heterocycles. The van der Waals surface area contributed by atoms with E-state index in [0.29, 0.717) is 18.2 Å². The second kappa shape index (κ2) is 9.28. The average Bonchev–Trinajstić information content (AvgIpc) is 3.16. The molecule has 1 atom stereocenters. The van der Waals surface area contributed by atoms with Crippen molar-refractivity contribution in [3.05, 3.63) is 66.0 Å². The summed E-state index contributed by atoms with van der Waals surface area (Å²) >= 11 is 0. The van der Waals surface area contributed by atoms with E-state index in [1.807, 2.05) is 87.4 Å². The van der Waals surface area contributed by atoms with Crippen LogP contribution in [0.25, 0.3) is 0 Å². The first-order chi connectivity index (χ1) is 15.8. The van der Waals surface area contributed by atoms with Crippen LogP contribution >= 0.6 is 0 Å². The Morgan fingerprint density at radius 3 is 2.18 bits per heavy atom. The molecule has 170 valence electrons. The van der Waals surface area contributed by atoms with Crippen LogP contribution < -0.4 is 20.4 Å². The van der Waals surface area contributed by atoms with Gasteiger partial charge in [-0.05, 0) is 68.4 Å². The van der Waals surface area contributed by atoms with Gasteiger partial charge >= 0.3 is 0 Å². The Labute approximate surface area is 193 Å². The van der Waals surface area contributed by atoms with Gasteiger partial charge in [-0.25, -0.2) is 9.97 Å². The van der Waals surface area contributed by atoms with E-state index < -0.39 is 5.92 Å². The third-order valence-corrected chi connectivity index (χ3v) is 5.56. The predicted molar refractivity (Wildman–Crippen MR) is 131 cm³/mol. The van der Waals surface area contributed by atoms with Crippen LogP contribution in [0.3, 0.4) is 0 Å². The van der Waals surface area contributed by atoms with Gasteiger partial charge in [-0.2, -0.15) is 0 Å².